The number of carbonyl (C=O) groups is 1. The Kier molecular flexibility index (Phi) is 5.46. The number of halogens is 1. The molecule has 2 rings (SSSR count). The van der Waals surface area contributed by atoms with Crippen molar-refractivity contribution in [2.45, 2.75) is 51.5 Å². The van der Waals surface area contributed by atoms with Crippen molar-refractivity contribution in [2.75, 3.05) is 5.73 Å². The molecule has 1 aromatic rings. The van der Waals surface area contributed by atoms with E-state index in [1.807, 2.05) is 6.07 Å². The molecule has 1 saturated carbocycles. The highest BCUT2D eigenvalue weighted by Gasteiger charge is 2.21. The van der Waals surface area contributed by atoms with Gasteiger partial charge in [0.25, 0.3) is 5.91 Å². The maximum Gasteiger partial charge on any atom is 0.252 e. The largest absolute Gasteiger partial charge is 0.399 e. The molecule has 0 heterocycles. The number of nitrogens with two attached hydrogens (primary N) is 1. The van der Waals surface area contributed by atoms with Crippen LogP contribution in [0.2, 0.25) is 0 Å². The van der Waals surface area contributed by atoms with Gasteiger partial charge in [0.05, 0.1) is 5.56 Å². The number of hydrogen-bond donors (Lipinski definition) is 2. The van der Waals surface area contributed by atoms with Gasteiger partial charge >= 0.3 is 0 Å². The van der Waals surface area contributed by atoms with E-state index in [9.17, 15) is 4.79 Å². The average molecular weight is 339 g/mol. The standard InChI is InChI=1S/C16H23BrN2O/c1-11(12-6-4-2-3-5-7-12)19-16(20)14-10-13(18)8-9-15(14)17/h8-12H,2-7,18H2,1H3,(H,19,20)/t11-/m0/s1. The fourth-order valence-electron chi connectivity index (χ4n) is 2.93. The molecule has 110 valence electrons. The summed E-state index contributed by atoms with van der Waals surface area (Å²) in [6, 6.07) is 5.55. The molecule has 0 bridgehead atoms. The molecule has 1 fully saturated rings. The zero-order valence-electron chi connectivity index (χ0n) is 12.0. The van der Waals surface area contributed by atoms with Crippen LogP contribution in [-0.4, -0.2) is 11.9 Å². The fraction of sp³-hybridized carbons (Fsp3) is 0.562. The van der Waals surface area contributed by atoms with E-state index in [1.165, 1.54) is 38.5 Å². The van der Waals surface area contributed by atoms with Crippen LogP contribution < -0.4 is 11.1 Å². The quantitative estimate of drug-likeness (QED) is 0.643. The summed E-state index contributed by atoms with van der Waals surface area (Å²) in [4.78, 5) is 12.4. The molecule has 1 aliphatic carbocycles. The number of carbonyl (C=O) groups excluding carboxylic acids is 1. The summed E-state index contributed by atoms with van der Waals surface area (Å²) in [5, 5.41) is 3.14. The monoisotopic (exact) mass is 338 g/mol. The highest BCUT2D eigenvalue weighted by molar-refractivity contribution is 9.10. The first-order chi connectivity index (χ1) is 9.58. The maximum atomic E-state index is 12.4. The van der Waals surface area contributed by atoms with Gasteiger partial charge in [-0.05, 0) is 59.8 Å². The Hall–Kier alpha value is -1.03. The lowest BCUT2D eigenvalue weighted by Gasteiger charge is -2.23. The van der Waals surface area contributed by atoms with E-state index in [0.717, 1.165) is 4.47 Å². The average Bonchev–Trinajstić information content (AvgIpc) is 2.70. The number of rotatable bonds is 3. The Labute approximate surface area is 129 Å². The number of nitrogens with one attached hydrogen (secondary N) is 1. The predicted molar refractivity (Wildman–Crippen MR) is 86.7 cm³/mol. The number of hydrogen-bond acceptors (Lipinski definition) is 2. The van der Waals surface area contributed by atoms with Crippen LogP contribution in [0.1, 0.15) is 55.8 Å². The normalized spacial score (nSPS) is 18.3. The van der Waals surface area contributed by atoms with Crippen LogP contribution >= 0.6 is 15.9 Å². The van der Waals surface area contributed by atoms with Crippen LogP contribution in [0.4, 0.5) is 5.69 Å². The van der Waals surface area contributed by atoms with Gasteiger partial charge in [0.1, 0.15) is 0 Å². The third-order valence-electron chi connectivity index (χ3n) is 4.20. The van der Waals surface area contributed by atoms with Crippen LogP contribution in [0.5, 0.6) is 0 Å². The van der Waals surface area contributed by atoms with Gasteiger partial charge in [0.2, 0.25) is 0 Å². The molecular weight excluding hydrogens is 316 g/mol. The van der Waals surface area contributed by atoms with Gasteiger partial charge in [-0.15, -0.1) is 0 Å². The minimum atomic E-state index is -0.0408. The van der Waals surface area contributed by atoms with E-state index in [-0.39, 0.29) is 11.9 Å². The van der Waals surface area contributed by atoms with E-state index in [4.69, 9.17) is 5.73 Å². The zero-order chi connectivity index (χ0) is 14.5. The molecule has 0 aliphatic heterocycles. The van der Waals surface area contributed by atoms with E-state index in [1.54, 1.807) is 12.1 Å². The summed E-state index contributed by atoms with van der Waals surface area (Å²) in [5.41, 5.74) is 6.99. The smallest absolute Gasteiger partial charge is 0.252 e. The third-order valence-corrected chi connectivity index (χ3v) is 4.89. The third kappa shape index (κ3) is 3.98. The van der Waals surface area contributed by atoms with Crippen LogP contribution in [0.15, 0.2) is 22.7 Å². The molecule has 0 radical (unpaired) electrons. The van der Waals surface area contributed by atoms with Gasteiger partial charge in [-0.25, -0.2) is 0 Å². The van der Waals surface area contributed by atoms with Gasteiger partial charge in [-0.3, -0.25) is 4.79 Å². The second-order valence-corrected chi connectivity index (χ2v) is 6.61. The highest BCUT2D eigenvalue weighted by atomic mass is 79.9. The molecule has 1 aromatic carbocycles. The first-order valence-corrected chi connectivity index (χ1v) is 8.23. The second kappa shape index (κ2) is 7.11. The molecule has 1 atom stereocenters. The first kappa shape index (κ1) is 15.4. The van der Waals surface area contributed by atoms with Gasteiger partial charge in [0, 0.05) is 16.2 Å². The van der Waals surface area contributed by atoms with Crippen molar-refractivity contribution in [1.29, 1.82) is 0 Å². The minimum Gasteiger partial charge on any atom is -0.399 e. The molecule has 20 heavy (non-hydrogen) atoms. The SMILES string of the molecule is C[C@H](NC(=O)c1cc(N)ccc1Br)C1CCCCCC1. The molecule has 0 spiro atoms. The van der Waals surface area contributed by atoms with Gasteiger partial charge in [-0.2, -0.15) is 0 Å². The maximum absolute atomic E-state index is 12.4. The number of anilines is 1. The molecule has 0 saturated heterocycles. The summed E-state index contributed by atoms with van der Waals surface area (Å²) >= 11 is 3.41. The van der Waals surface area contributed by atoms with Gasteiger partial charge in [0.15, 0.2) is 0 Å². The summed E-state index contributed by atoms with van der Waals surface area (Å²) in [5.74, 6) is 0.558. The van der Waals surface area contributed by atoms with Gasteiger partial charge < -0.3 is 11.1 Å². The lowest BCUT2D eigenvalue weighted by atomic mass is 9.93. The molecule has 4 heteroatoms. The Morgan fingerprint density at radius 3 is 2.60 bits per heavy atom. The molecule has 1 aliphatic rings. The Morgan fingerprint density at radius 2 is 1.95 bits per heavy atom. The van der Waals surface area contributed by atoms with Crippen LogP contribution in [0.3, 0.4) is 0 Å². The van der Waals surface area contributed by atoms with Crippen LogP contribution in [0.25, 0.3) is 0 Å². The van der Waals surface area contributed by atoms with Crippen molar-refractivity contribution < 1.29 is 4.79 Å². The molecule has 3 N–H and O–H groups in total. The van der Waals surface area contributed by atoms with Crippen molar-refractivity contribution in [2.24, 2.45) is 5.92 Å². The summed E-state index contributed by atoms with van der Waals surface area (Å²) in [6.07, 6.45) is 7.68. The van der Waals surface area contributed by atoms with Crippen molar-refractivity contribution in [3.63, 3.8) is 0 Å². The van der Waals surface area contributed by atoms with Crippen molar-refractivity contribution in [1.82, 2.24) is 5.32 Å². The van der Waals surface area contributed by atoms with Crippen LogP contribution in [-0.2, 0) is 0 Å². The second-order valence-electron chi connectivity index (χ2n) is 5.75. The lowest BCUT2D eigenvalue weighted by molar-refractivity contribution is 0.0923. The predicted octanol–water partition coefficient (Wildman–Crippen LogP) is 4.12. The summed E-state index contributed by atoms with van der Waals surface area (Å²) in [7, 11) is 0. The summed E-state index contributed by atoms with van der Waals surface area (Å²) < 4.78 is 0.789. The zero-order valence-corrected chi connectivity index (χ0v) is 13.6. The van der Waals surface area contributed by atoms with Crippen molar-refractivity contribution in [3.05, 3.63) is 28.2 Å². The fourth-order valence-corrected chi connectivity index (χ4v) is 3.36. The first-order valence-electron chi connectivity index (χ1n) is 7.44. The molecule has 3 nitrogen and oxygen atoms in total. The topological polar surface area (TPSA) is 55.1 Å². The van der Waals surface area contributed by atoms with Gasteiger partial charge in [-0.1, -0.05) is 25.7 Å². The van der Waals surface area contributed by atoms with E-state index in [0.29, 0.717) is 17.2 Å². The number of nitrogen functional groups attached to an aromatic ring is 1. The molecule has 1 amide bonds. The Balaban J connectivity index is 2.01. The van der Waals surface area contributed by atoms with Crippen LogP contribution in [0, 0.1) is 5.92 Å². The van der Waals surface area contributed by atoms with Crippen molar-refractivity contribution in [3.8, 4) is 0 Å². The molecular formula is C16H23BrN2O. The Bertz CT molecular complexity index is 468. The lowest BCUT2D eigenvalue weighted by Crippen LogP contribution is -2.38. The Morgan fingerprint density at radius 1 is 1.30 bits per heavy atom. The highest BCUT2D eigenvalue weighted by Crippen LogP contribution is 2.26. The van der Waals surface area contributed by atoms with E-state index < -0.39 is 0 Å². The summed E-state index contributed by atoms with van der Waals surface area (Å²) in [6.45, 7) is 2.12. The number of amides is 1. The minimum absolute atomic E-state index is 0.0408. The van der Waals surface area contributed by atoms with E-state index in [2.05, 4.69) is 28.2 Å². The number of benzene rings is 1. The molecule has 0 unspecified atom stereocenters. The molecule has 0 aromatic heterocycles. The van der Waals surface area contributed by atoms with Crippen molar-refractivity contribution >= 4 is 27.5 Å². The van der Waals surface area contributed by atoms with E-state index >= 15 is 0 Å².